The smallest absolute Gasteiger partial charge is 0.341 e. The lowest BCUT2D eigenvalue weighted by Gasteiger charge is -2.13. The molecule has 0 spiro atoms. The number of rotatable bonds is 3. The second kappa shape index (κ2) is 5.60. The Balaban J connectivity index is 2.32. The first-order chi connectivity index (χ1) is 10.5. The van der Waals surface area contributed by atoms with Crippen molar-refractivity contribution >= 4 is 27.8 Å². The summed E-state index contributed by atoms with van der Waals surface area (Å²) in [6.07, 6.45) is 5.53. The third kappa shape index (κ3) is 2.54. The number of H-pyrrole nitrogens is 1. The molecule has 1 atom stereocenters. The highest BCUT2D eigenvalue weighted by Crippen LogP contribution is 2.36. The van der Waals surface area contributed by atoms with Gasteiger partial charge in [0.1, 0.15) is 11.2 Å². The third-order valence-corrected chi connectivity index (χ3v) is 4.65. The van der Waals surface area contributed by atoms with Crippen LogP contribution in [0.25, 0.3) is 11.0 Å². The lowest BCUT2D eigenvalue weighted by molar-refractivity contribution is 0.0695. The number of hydrogen-bond donors (Lipinski definition) is 2. The van der Waals surface area contributed by atoms with E-state index < -0.39 is 22.3 Å². The van der Waals surface area contributed by atoms with E-state index >= 15 is 0 Å². The zero-order valence-corrected chi connectivity index (χ0v) is 12.8. The van der Waals surface area contributed by atoms with Gasteiger partial charge in [-0.2, -0.15) is 0 Å². The molecule has 0 aliphatic heterocycles. The summed E-state index contributed by atoms with van der Waals surface area (Å²) in [7, 11) is -1.38. The highest BCUT2D eigenvalue weighted by atomic mass is 32.2. The van der Waals surface area contributed by atoms with Crippen LogP contribution in [0.4, 0.5) is 0 Å². The first-order valence-electron chi connectivity index (χ1n) is 6.99. The Hall–Kier alpha value is -2.09. The van der Waals surface area contributed by atoms with Crippen LogP contribution in [0.15, 0.2) is 16.0 Å². The quantitative estimate of drug-likeness (QED) is 0.826. The molecule has 116 valence electrons. The Kier molecular flexibility index (Phi) is 3.78. The van der Waals surface area contributed by atoms with Gasteiger partial charge in [0.2, 0.25) is 5.16 Å². The molecule has 7 nitrogen and oxygen atoms in total. The molecular formula is C14H15N3O4S. The van der Waals surface area contributed by atoms with Crippen LogP contribution >= 0.6 is 0 Å². The summed E-state index contributed by atoms with van der Waals surface area (Å²) in [5.41, 5.74) is -0.117. The summed E-state index contributed by atoms with van der Waals surface area (Å²) < 4.78 is 11.7. The van der Waals surface area contributed by atoms with E-state index in [1.807, 2.05) is 0 Å². The van der Waals surface area contributed by atoms with Gasteiger partial charge in [-0.1, -0.05) is 12.8 Å². The number of aromatic amines is 1. The summed E-state index contributed by atoms with van der Waals surface area (Å²) in [6, 6.07) is 1.33. The average molecular weight is 321 g/mol. The van der Waals surface area contributed by atoms with Crippen LogP contribution in [-0.2, 0) is 10.8 Å². The number of nitrogens with one attached hydrogen (secondary N) is 1. The molecule has 1 saturated carbocycles. The fourth-order valence-corrected chi connectivity index (χ4v) is 3.33. The highest BCUT2D eigenvalue weighted by Gasteiger charge is 2.24. The van der Waals surface area contributed by atoms with E-state index in [9.17, 15) is 13.8 Å². The van der Waals surface area contributed by atoms with Crippen LogP contribution in [-0.4, -0.2) is 36.5 Å². The third-order valence-electron chi connectivity index (χ3n) is 3.95. The van der Waals surface area contributed by atoms with Crippen LogP contribution in [0.5, 0.6) is 0 Å². The fourth-order valence-electron chi connectivity index (χ4n) is 2.89. The molecular weight excluding hydrogens is 306 g/mol. The molecule has 0 amide bonds. The molecule has 1 unspecified atom stereocenters. The number of nitrogens with zero attached hydrogens (tertiary/aromatic N) is 2. The summed E-state index contributed by atoms with van der Waals surface area (Å²) in [4.78, 5) is 34.0. The van der Waals surface area contributed by atoms with Crippen molar-refractivity contribution in [2.75, 3.05) is 6.26 Å². The highest BCUT2D eigenvalue weighted by molar-refractivity contribution is 7.84. The molecule has 1 fully saturated rings. The minimum absolute atomic E-state index is 0.160. The predicted molar refractivity (Wildman–Crippen MR) is 80.7 cm³/mol. The number of fused-ring (bicyclic) bond motifs is 1. The first kappa shape index (κ1) is 14.8. The first-order valence-corrected chi connectivity index (χ1v) is 8.55. The van der Waals surface area contributed by atoms with Gasteiger partial charge in [-0.05, 0) is 18.9 Å². The monoisotopic (exact) mass is 321 g/mol. The lowest BCUT2D eigenvalue weighted by Crippen LogP contribution is -2.19. The summed E-state index contributed by atoms with van der Waals surface area (Å²) >= 11 is 0. The molecule has 1 aliphatic carbocycles. The van der Waals surface area contributed by atoms with E-state index in [1.54, 1.807) is 0 Å². The molecule has 22 heavy (non-hydrogen) atoms. The Morgan fingerprint density at radius 3 is 2.64 bits per heavy atom. The van der Waals surface area contributed by atoms with Gasteiger partial charge in [-0.15, -0.1) is 0 Å². The molecule has 2 N–H and O–H groups in total. The van der Waals surface area contributed by atoms with E-state index in [1.165, 1.54) is 12.3 Å². The topological polar surface area (TPSA) is 113 Å². The molecule has 8 heteroatoms. The molecule has 3 rings (SSSR count). The maximum atomic E-state index is 11.8. The minimum Gasteiger partial charge on any atom is -0.477 e. The molecule has 2 aromatic heterocycles. The van der Waals surface area contributed by atoms with E-state index in [0.717, 1.165) is 25.7 Å². The predicted octanol–water partition coefficient (Wildman–Crippen LogP) is 1.41. The van der Waals surface area contributed by atoms with E-state index in [0.29, 0.717) is 11.1 Å². The molecule has 0 radical (unpaired) electrons. The lowest BCUT2D eigenvalue weighted by atomic mass is 10.00. The number of pyridine rings is 1. The number of carboxylic acids is 1. The Morgan fingerprint density at radius 2 is 2.05 bits per heavy atom. The van der Waals surface area contributed by atoms with Crippen LogP contribution in [0, 0.1) is 0 Å². The van der Waals surface area contributed by atoms with Crippen molar-refractivity contribution in [3.8, 4) is 0 Å². The van der Waals surface area contributed by atoms with Crippen LogP contribution in [0.3, 0.4) is 0 Å². The van der Waals surface area contributed by atoms with E-state index in [4.69, 9.17) is 5.11 Å². The number of aromatic nitrogens is 3. The van der Waals surface area contributed by atoms with Gasteiger partial charge in [-0.3, -0.25) is 9.00 Å². The van der Waals surface area contributed by atoms with Crippen LogP contribution in [0.1, 0.15) is 47.7 Å². The van der Waals surface area contributed by atoms with Crippen molar-refractivity contribution in [2.45, 2.75) is 36.8 Å². The largest absolute Gasteiger partial charge is 0.477 e. The van der Waals surface area contributed by atoms with Gasteiger partial charge in [0, 0.05) is 17.6 Å². The van der Waals surface area contributed by atoms with Crippen LogP contribution < -0.4 is 5.56 Å². The molecule has 0 bridgehead atoms. The molecule has 0 saturated heterocycles. The van der Waals surface area contributed by atoms with E-state index in [-0.39, 0.29) is 22.3 Å². The maximum Gasteiger partial charge on any atom is 0.341 e. The second-order valence-electron chi connectivity index (χ2n) is 5.41. The molecule has 1 aliphatic rings. The normalized spacial score (nSPS) is 17.0. The Labute approximate surface area is 128 Å². The minimum atomic E-state index is -1.38. The van der Waals surface area contributed by atoms with Gasteiger partial charge in [-0.25, -0.2) is 14.8 Å². The summed E-state index contributed by atoms with van der Waals surface area (Å²) in [6.45, 7) is 0. The number of carboxylic acid groups (broad SMARTS) is 1. The van der Waals surface area contributed by atoms with Crippen molar-refractivity contribution in [3.63, 3.8) is 0 Å². The van der Waals surface area contributed by atoms with Gasteiger partial charge < -0.3 is 10.1 Å². The maximum absolute atomic E-state index is 11.8. The SMILES string of the molecule is CS(=O)c1nc(C2CCCC2)c2cc(C(=O)O)c(=O)[nH]c2n1. The van der Waals surface area contributed by atoms with Crippen molar-refractivity contribution in [1.82, 2.24) is 15.0 Å². The van der Waals surface area contributed by atoms with Crippen molar-refractivity contribution < 1.29 is 14.1 Å². The van der Waals surface area contributed by atoms with Gasteiger partial charge in [0.05, 0.1) is 16.5 Å². The Bertz CT molecular complexity index is 840. The standard InChI is InChI=1S/C14H15N3O4S/c1-22(21)14-15-10(7-4-2-3-5-7)8-6-9(13(19)20)12(18)16-11(8)17-14/h6-7H,2-5H2,1H3,(H,19,20)(H,15,16,17,18). The van der Waals surface area contributed by atoms with Crippen LogP contribution in [0.2, 0.25) is 0 Å². The van der Waals surface area contributed by atoms with Crippen molar-refractivity contribution in [3.05, 3.63) is 27.7 Å². The molecule has 2 aromatic rings. The van der Waals surface area contributed by atoms with Gasteiger partial charge in [0.25, 0.3) is 5.56 Å². The number of hydrogen-bond acceptors (Lipinski definition) is 5. The summed E-state index contributed by atoms with van der Waals surface area (Å²) in [5.74, 6) is -1.11. The zero-order chi connectivity index (χ0) is 15.9. The van der Waals surface area contributed by atoms with Gasteiger partial charge >= 0.3 is 5.97 Å². The van der Waals surface area contributed by atoms with Crippen molar-refractivity contribution in [1.29, 1.82) is 0 Å². The Morgan fingerprint density at radius 1 is 1.36 bits per heavy atom. The molecule has 0 aromatic carbocycles. The zero-order valence-electron chi connectivity index (χ0n) is 12.0. The second-order valence-corrected chi connectivity index (χ2v) is 6.68. The fraction of sp³-hybridized carbons (Fsp3) is 0.429. The molecule has 2 heterocycles. The van der Waals surface area contributed by atoms with Gasteiger partial charge in [0.15, 0.2) is 0 Å². The number of aromatic carboxylic acids is 1. The van der Waals surface area contributed by atoms with E-state index in [2.05, 4.69) is 15.0 Å². The summed E-state index contributed by atoms with van der Waals surface area (Å²) in [5, 5.41) is 9.80. The number of carbonyl (C=O) groups is 1. The van der Waals surface area contributed by atoms with Crippen molar-refractivity contribution in [2.24, 2.45) is 0 Å². The average Bonchev–Trinajstić information content (AvgIpc) is 2.98.